The number of aromatic nitrogens is 1. The maximum Gasteiger partial charge on any atom is 0.312 e. The predicted octanol–water partition coefficient (Wildman–Crippen LogP) is 2.47. The Morgan fingerprint density at radius 1 is 1.53 bits per heavy atom. The van der Waals surface area contributed by atoms with Crippen LogP contribution in [0.2, 0.25) is 0 Å². The first kappa shape index (κ1) is 11.5. The number of benzene rings is 1. The van der Waals surface area contributed by atoms with Gasteiger partial charge in [-0.2, -0.15) is 0 Å². The number of nitro benzene ring substituents is 1. The van der Waals surface area contributed by atoms with Crippen LogP contribution in [0.3, 0.4) is 0 Å². The number of anilines is 1. The lowest BCUT2D eigenvalue weighted by molar-refractivity contribution is -0.382. The van der Waals surface area contributed by atoms with Crippen LogP contribution in [0.4, 0.5) is 11.4 Å². The molecule has 1 amide bonds. The van der Waals surface area contributed by atoms with E-state index >= 15 is 0 Å². The summed E-state index contributed by atoms with van der Waals surface area (Å²) in [6.45, 7) is 3.10. The third-order valence-corrected chi connectivity index (χ3v) is 3.12. The Labute approximate surface area is 100 Å². The van der Waals surface area contributed by atoms with Crippen molar-refractivity contribution in [3.8, 4) is 0 Å². The van der Waals surface area contributed by atoms with Crippen molar-refractivity contribution in [2.45, 2.75) is 13.8 Å². The molecular weight excluding hydrogens is 242 g/mol. The normalized spacial score (nSPS) is 10.5. The van der Waals surface area contributed by atoms with E-state index in [-0.39, 0.29) is 17.3 Å². The molecule has 7 heteroatoms. The average Bonchev–Trinajstić information content (AvgIpc) is 2.56. The highest BCUT2D eigenvalue weighted by Crippen LogP contribution is 2.36. The first-order valence-corrected chi connectivity index (χ1v) is 5.63. The molecule has 0 aliphatic rings. The molecule has 2 rings (SSSR count). The summed E-state index contributed by atoms with van der Waals surface area (Å²) in [5, 5.41) is 14.3. The second-order valence-electron chi connectivity index (χ2n) is 3.48. The fourth-order valence-corrected chi connectivity index (χ4v) is 2.50. The molecule has 6 nitrogen and oxygen atoms in total. The summed E-state index contributed by atoms with van der Waals surface area (Å²) in [5.41, 5.74) is 0.690. The van der Waals surface area contributed by atoms with Gasteiger partial charge in [-0.3, -0.25) is 14.9 Å². The molecule has 0 saturated heterocycles. The van der Waals surface area contributed by atoms with E-state index in [1.807, 2.05) is 0 Å². The molecule has 88 valence electrons. The number of carbonyl (C=O) groups is 1. The first-order chi connectivity index (χ1) is 7.99. The van der Waals surface area contributed by atoms with E-state index in [0.717, 1.165) is 5.01 Å². The third-order valence-electron chi connectivity index (χ3n) is 2.13. The van der Waals surface area contributed by atoms with Crippen molar-refractivity contribution >= 4 is 38.8 Å². The number of fused-ring (bicyclic) bond motifs is 1. The minimum Gasteiger partial charge on any atom is -0.321 e. The monoisotopic (exact) mass is 251 g/mol. The van der Waals surface area contributed by atoms with Crippen molar-refractivity contribution in [1.29, 1.82) is 0 Å². The number of hydrogen-bond donors (Lipinski definition) is 1. The SMILES string of the molecule is CC(=O)Nc1ccc2nc(C)sc2c1[N+](=O)[O-]. The number of carbonyl (C=O) groups excluding carboxylic acids is 1. The smallest absolute Gasteiger partial charge is 0.312 e. The second kappa shape index (κ2) is 4.10. The zero-order chi connectivity index (χ0) is 12.6. The van der Waals surface area contributed by atoms with E-state index < -0.39 is 4.92 Å². The van der Waals surface area contributed by atoms with Crippen molar-refractivity contribution in [1.82, 2.24) is 4.98 Å². The van der Waals surface area contributed by atoms with Crippen molar-refractivity contribution in [3.63, 3.8) is 0 Å². The number of nitrogens with zero attached hydrogens (tertiary/aromatic N) is 2. The Hall–Kier alpha value is -2.02. The highest BCUT2D eigenvalue weighted by molar-refractivity contribution is 7.19. The van der Waals surface area contributed by atoms with Gasteiger partial charge in [-0.25, -0.2) is 4.98 Å². The van der Waals surface area contributed by atoms with Gasteiger partial charge in [0.2, 0.25) is 5.91 Å². The lowest BCUT2D eigenvalue weighted by atomic mass is 10.2. The van der Waals surface area contributed by atoms with Gasteiger partial charge in [-0.15, -0.1) is 11.3 Å². The van der Waals surface area contributed by atoms with Crippen molar-refractivity contribution in [2.24, 2.45) is 0 Å². The molecule has 0 bridgehead atoms. The van der Waals surface area contributed by atoms with Crippen LogP contribution in [-0.4, -0.2) is 15.8 Å². The summed E-state index contributed by atoms with van der Waals surface area (Å²) in [6.07, 6.45) is 0. The van der Waals surface area contributed by atoms with E-state index in [4.69, 9.17) is 0 Å². The number of thiazole rings is 1. The fourth-order valence-electron chi connectivity index (χ4n) is 1.56. The van der Waals surface area contributed by atoms with E-state index in [2.05, 4.69) is 10.3 Å². The number of hydrogen-bond acceptors (Lipinski definition) is 5. The molecule has 0 saturated carbocycles. The zero-order valence-corrected chi connectivity index (χ0v) is 10.00. The third kappa shape index (κ3) is 2.09. The Balaban J connectivity index is 2.71. The van der Waals surface area contributed by atoms with Crippen LogP contribution in [0.1, 0.15) is 11.9 Å². The van der Waals surface area contributed by atoms with Gasteiger partial charge in [0.1, 0.15) is 10.4 Å². The topological polar surface area (TPSA) is 85.1 Å². The van der Waals surface area contributed by atoms with Crippen LogP contribution in [0, 0.1) is 17.0 Å². The summed E-state index contributed by atoms with van der Waals surface area (Å²) < 4.78 is 0.485. The van der Waals surface area contributed by atoms with Crippen LogP contribution in [0.15, 0.2) is 12.1 Å². The molecule has 0 spiro atoms. The molecule has 0 aliphatic heterocycles. The molecule has 0 unspecified atom stereocenters. The lowest BCUT2D eigenvalue weighted by Crippen LogP contribution is -2.07. The molecule has 0 atom stereocenters. The molecule has 2 aromatic rings. The summed E-state index contributed by atoms with van der Waals surface area (Å²) in [4.78, 5) is 25.7. The van der Waals surface area contributed by atoms with Gasteiger partial charge in [-0.05, 0) is 19.1 Å². The van der Waals surface area contributed by atoms with E-state index in [1.54, 1.807) is 13.0 Å². The highest BCUT2D eigenvalue weighted by Gasteiger charge is 2.21. The van der Waals surface area contributed by atoms with Crippen LogP contribution in [0.25, 0.3) is 10.2 Å². The maximum absolute atomic E-state index is 11.1. The Kier molecular flexibility index (Phi) is 2.76. The summed E-state index contributed by atoms with van der Waals surface area (Å²) >= 11 is 1.24. The largest absolute Gasteiger partial charge is 0.321 e. The van der Waals surface area contributed by atoms with Gasteiger partial charge < -0.3 is 5.32 Å². The standard InChI is InChI=1S/C10H9N3O3S/c1-5(14)11-7-3-4-8-10(9(7)13(15)16)17-6(2)12-8/h3-4H,1-2H3,(H,11,14). The number of rotatable bonds is 2. The molecule has 1 N–H and O–H groups in total. The van der Waals surface area contributed by atoms with Crippen LogP contribution >= 0.6 is 11.3 Å². The van der Waals surface area contributed by atoms with E-state index in [1.165, 1.54) is 24.3 Å². The van der Waals surface area contributed by atoms with E-state index in [0.29, 0.717) is 10.2 Å². The molecule has 1 aromatic carbocycles. The molecule has 1 heterocycles. The Morgan fingerprint density at radius 3 is 2.82 bits per heavy atom. The molecule has 0 aliphatic carbocycles. The first-order valence-electron chi connectivity index (χ1n) is 4.81. The molecular formula is C10H9N3O3S. The fraction of sp³-hybridized carbons (Fsp3) is 0.200. The van der Waals surface area contributed by atoms with Gasteiger partial charge >= 0.3 is 5.69 Å². The van der Waals surface area contributed by atoms with Crippen LogP contribution in [0.5, 0.6) is 0 Å². The molecule has 1 aromatic heterocycles. The minimum atomic E-state index is -0.495. The average molecular weight is 251 g/mol. The van der Waals surface area contributed by atoms with Crippen molar-refractivity contribution in [3.05, 3.63) is 27.3 Å². The van der Waals surface area contributed by atoms with Crippen LogP contribution < -0.4 is 5.32 Å². The second-order valence-corrected chi connectivity index (χ2v) is 4.68. The minimum absolute atomic E-state index is 0.0942. The van der Waals surface area contributed by atoms with Gasteiger partial charge in [0.15, 0.2) is 0 Å². The number of aryl methyl sites for hydroxylation is 1. The lowest BCUT2D eigenvalue weighted by Gasteiger charge is -2.03. The Morgan fingerprint density at radius 2 is 2.24 bits per heavy atom. The summed E-state index contributed by atoms with van der Waals surface area (Å²) in [5.74, 6) is -0.339. The maximum atomic E-state index is 11.1. The quantitative estimate of drug-likeness (QED) is 0.656. The number of amides is 1. The number of nitro groups is 1. The van der Waals surface area contributed by atoms with Gasteiger partial charge in [0.25, 0.3) is 0 Å². The van der Waals surface area contributed by atoms with Crippen molar-refractivity contribution < 1.29 is 9.72 Å². The molecule has 0 radical (unpaired) electrons. The van der Waals surface area contributed by atoms with Crippen LogP contribution in [-0.2, 0) is 4.79 Å². The van der Waals surface area contributed by atoms with Gasteiger partial charge in [0, 0.05) is 6.92 Å². The molecule has 17 heavy (non-hydrogen) atoms. The Bertz CT molecular complexity index is 621. The predicted molar refractivity (Wildman–Crippen MR) is 65.3 cm³/mol. The summed E-state index contributed by atoms with van der Waals surface area (Å²) in [7, 11) is 0. The summed E-state index contributed by atoms with van der Waals surface area (Å²) in [6, 6.07) is 3.16. The highest BCUT2D eigenvalue weighted by atomic mass is 32.1. The molecule has 0 fully saturated rings. The number of nitrogens with one attached hydrogen (secondary N) is 1. The van der Waals surface area contributed by atoms with Gasteiger partial charge in [0.05, 0.1) is 15.4 Å². The zero-order valence-electron chi connectivity index (χ0n) is 9.18. The van der Waals surface area contributed by atoms with E-state index in [9.17, 15) is 14.9 Å². The van der Waals surface area contributed by atoms with Crippen molar-refractivity contribution in [2.75, 3.05) is 5.32 Å². The van der Waals surface area contributed by atoms with Gasteiger partial charge in [-0.1, -0.05) is 0 Å².